The van der Waals surface area contributed by atoms with Crippen LogP contribution < -0.4 is 0 Å². The molecule has 106 valence electrons. The van der Waals surface area contributed by atoms with E-state index >= 15 is 0 Å². The molecule has 0 spiro atoms. The fraction of sp³-hybridized carbons (Fsp3) is 0.889. The van der Waals surface area contributed by atoms with Gasteiger partial charge >= 0.3 is 0 Å². The molecule has 0 aromatic heterocycles. The van der Waals surface area contributed by atoms with Crippen molar-refractivity contribution < 1.29 is 0 Å². The Kier molecular flexibility index (Phi) is 7.70. The summed E-state index contributed by atoms with van der Waals surface area (Å²) in [4.78, 5) is 0. The van der Waals surface area contributed by atoms with Crippen LogP contribution in [0.3, 0.4) is 0 Å². The van der Waals surface area contributed by atoms with Gasteiger partial charge in [-0.3, -0.25) is 0 Å². The monoisotopic (exact) mass is 250 g/mol. The minimum atomic E-state index is 0.851. The van der Waals surface area contributed by atoms with E-state index in [4.69, 9.17) is 0 Å². The molecule has 1 aliphatic rings. The average molecular weight is 250 g/mol. The highest BCUT2D eigenvalue weighted by molar-refractivity contribution is 4.91. The van der Waals surface area contributed by atoms with Crippen molar-refractivity contribution in [3.63, 3.8) is 0 Å². The molecule has 0 amide bonds. The van der Waals surface area contributed by atoms with E-state index in [0.717, 1.165) is 23.7 Å². The molecular weight excluding hydrogens is 216 g/mol. The van der Waals surface area contributed by atoms with Gasteiger partial charge in [0.1, 0.15) is 0 Å². The molecule has 0 aliphatic heterocycles. The van der Waals surface area contributed by atoms with Crippen molar-refractivity contribution >= 4 is 0 Å². The second-order valence-electron chi connectivity index (χ2n) is 6.63. The number of hydrogen-bond acceptors (Lipinski definition) is 0. The second kappa shape index (κ2) is 8.77. The van der Waals surface area contributed by atoms with Crippen LogP contribution in [-0.4, -0.2) is 0 Å². The molecular formula is C18H34. The van der Waals surface area contributed by atoms with Gasteiger partial charge in [0.2, 0.25) is 0 Å². The lowest BCUT2D eigenvalue weighted by molar-refractivity contribution is 0.399. The highest BCUT2D eigenvalue weighted by Crippen LogP contribution is 2.42. The molecule has 18 heavy (non-hydrogen) atoms. The number of rotatable bonds is 10. The molecule has 0 saturated heterocycles. The lowest BCUT2D eigenvalue weighted by Crippen LogP contribution is -2.04. The summed E-state index contributed by atoms with van der Waals surface area (Å²) < 4.78 is 0. The zero-order valence-corrected chi connectivity index (χ0v) is 13.1. The van der Waals surface area contributed by atoms with Gasteiger partial charge in [-0.1, -0.05) is 59.1 Å². The number of allylic oxidation sites excluding steroid dienone is 2. The summed E-state index contributed by atoms with van der Waals surface area (Å²) in [5.41, 5.74) is 0. The van der Waals surface area contributed by atoms with Gasteiger partial charge in [-0.15, -0.1) is 0 Å². The Morgan fingerprint density at radius 1 is 1.28 bits per heavy atom. The van der Waals surface area contributed by atoms with Crippen molar-refractivity contribution in [3.05, 3.63) is 12.2 Å². The molecule has 0 aromatic rings. The van der Waals surface area contributed by atoms with Gasteiger partial charge < -0.3 is 0 Å². The van der Waals surface area contributed by atoms with Gasteiger partial charge in [-0.05, 0) is 55.8 Å². The van der Waals surface area contributed by atoms with Crippen LogP contribution in [0.15, 0.2) is 12.2 Å². The van der Waals surface area contributed by atoms with Crippen LogP contribution >= 0.6 is 0 Å². The van der Waals surface area contributed by atoms with E-state index < -0.39 is 0 Å². The van der Waals surface area contributed by atoms with Gasteiger partial charge in [-0.2, -0.15) is 0 Å². The summed E-state index contributed by atoms with van der Waals surface area (Å²) in [6.45, 7) is 9.42. The Morgan fingerprint density at radius 3 is 2.56 bits per heavy atom. The third kappa shape index (κ3) is 6.61. The minimum absolute atomic E-state index is 0.851. The number of hydrogen-bond donors (Lipinski definition) is 0. The third-order valence-corrected chi connectivity index (χ3v) is 4.72. The zero-order valence-electron chi connectivity index (χ0n) is 13.1. The van der Waals surface area contributed by atoms with Crippen molar-refractivity contribution in [2.45, 2.75) is 79.1 Å². The predicted octanol–water partition coefficient (Wildman–Crippen LogP) is 6.22. The zero-order chi connectivity index (χ0) is 13.4. The van der Waals surface area contributed by atoms with Crippen LogP contribution in [0.25, 0.3) is 0 Å². The van der Waals surface area contributed by atoms with Crippen LogP contribution in [0, 0.1) is 23.7 Å². The van der Waals surface area contributed by atoms with Crippen molar-refractivity contribution in [1.29, 1.82) is 0 Å². The molecule has 0 nitrogen and oxygen atoms in total. The molecule has 1 aliphatic carbocycles. The summed E-state index contributed by atoms with van der Waals surface area (Å²) in [6, 6.07) is 0. The van der Waals surface area contributed by atoms with Crippen LogP contribution in [0.1, 0.15) is 79.1 Å². The molecule has 0 radical (unpaired) electrons. The Labute approximate surface area is 115 Å². The quantitative estimate of drug-likeness (QED) is 0.319. The third-order valence-electron chi connectivity index (χ3n) is 4.72. The van der Waals surface area contributed by atoms with E-state index in [1.807, 2.05) is 0 Å². The number of unbranched alkanes of at least 4 members (excludes halogenated alkanes) is 2. The van der Waals surface area contributed by atoms with E-state index in [1.54, 1.807) is 0 Å². The Balaban J connectivity index is 2.28. The molecule has 4 unspecified atom stereocenters. The Bertz CT molecular complexity index is 228. The van der Waals surface area contributed by atoms with Gasteiger partial charge in [0.15, 0.2) is 0 Å². The lowest BCUT2D eigenvalue weighted by Gasteiger charge is -2.17. The maximum Gasteiger partial charge on any atom is -0.0231 e. The maximum atomic E-state index is 2.54. The summed E-state index contributed by atoms with van der Waals surface area (Å²) >= 11 is 0. The van der Waals surface area contributed by atoms with Crippen LogP contribution in [-0.2, 0) is 0 Å². The lowest BCUT2D eigenvalue weighted by atomic mass is 9.89. The molecule has 1 fully saturated rings. The smallest absolute Gasteiger partial charge is 0.0231 e. The van der Waals surface area contributed by atoms with E-state index in [-0.39, 0.29) is 0 Å². The SMILES string of the molecule is CCCCC=CC(CCC1CC1C)CC(C)CC. The van der Waals surface area contributed by atoms with E-state index in [2.05, 4.69) is 39.8 Å². The van der Waals surface area contributed by atoms with Crippen molar-refractivity contribution in [2.24, 2.45) is 23.7 Å². The van der Waals surface area contributed by atoms with Gasteiger partial charge in [0.25, 0.3) is 0 Å². The molecule has 4 atom stereocenters. The second-order valence-corrected chi connectivity index (χ2v) is 6.63. The van der Waals surface area contributed by atoms with Gasteiger partial charge in [0, 0.05) is 0 Å². The molecule has 0 heterocycles. The van der Waals surface area contributed by atoms with Gasteiger partial charge in [0.05, 0.1) is 0 Å². The molecule has 1 saturated carbocycles. The largest absolute Gasteiger partial charge is 0.0883 e. The molecule has 0 bridgehead atoms. The van der Waals surface area contributed by atoms with E-state index in [9.17, 15) is 0 Å². The highest BCUT2D eigenvalue weighted by atomic mass is 14.4. The predicted molar refractivity (Wildman–Crippen MR) is 82.7 cm³/mol. The first-order valence-electron chi connectivity index (χ1n) is 8.33. The van der Waals surface area contributed by atoms with Crippen LogP contribution in [0.2, 0.25) is 0 Å². The van der Waals surface area contributed by atoms with Crippen LogP contribution in [0.4, 0.5) is 0 Å². The van der Waals surface area contributed by atoms with Crippen LogP contribution in [0.5, 0.6) is 0 Å². The summed E-state index contributed by atoms with van der Waals surface area (Å²) in [7, 11) is 0. The first-order chi connectivity index (χ1) is 8.67. The molecule has 0 aromatic carbocycles. The van der Waals surface area contributed by atoms with Crippen molar-refractivity contribution in [2.75, 3.05) is 0 Å². The highest BCUT2D eigenvalue weighted by Gasteiger charge is 2.32. The Hall–Kier alpha value is -0.260. The topological polar surface area (TPSA) is 0 Å². The molecule has 1 rings (SSSR count). The minimum Gasteiger partial charge on any atom is -0.0883 e. The maximum absolute atomic E-state index is 2.54. The van der Waals surface area contributed by atoms with Gasteiger partial charge in [-0.25, -0.2) is 0 Å². The van der Waals surface area contributed by atoms with E-state index in [0.29, 0.717) is 0 Å². The standard InChI is InChI=1S/C18H34/c1-5-7-8-9-10-17(13-15(3)6-2)11-12-18-14-16(18)4/h9-10,15-18H,5-8,11-14H2,1-4H3. The fourth-order valence-corrected chi connectivity index (χ4v) is 2.82. The van der Waals surface area contributed by atoms with Crippen molar-refractivity contribution in [1.82, 2.24) is 0 Å². The average Bonchev–Trinajstić information content (AvgIpc) is 3.07. The fourth-order valence-electron chi connectivity index (χ4n) is 2.82. The Morgan fingerprint density at radius 2 is 2.00 bits per heavy atom. The summed E-state index contributed by atoms with van der Waals surface area (Å²) in [5, 5.41) is 0. The normalized spacial score (nSPS) is 26.4. The molecule has 0 N–H and O–H groups in total. The summed E-state index contributed by atoms with van der Waals surface area (Å²) in [5.74, 6) is 3.83. The summed E-state index contributed by atoms with van der Waals surface area (Å²) in [6.07, 6.45) is 16.1. The van der Waals surface area contributed by atoms with E-state index in [1.165, 1.54) is 51.4 Å². The first kappa shape index (κ1) is 15.8. The van der Waals surface area contributed by atoms with Crippen molar-refractivity contribution in [3.8, 4) is 0 Å². The molecule has 0 heteroatoms. The first-order valence-corrected chi connectivity index (χ1v) is 8.33.